The molecule has 2 aliphatic heterocycles. The average molecular weight is 411 g/mol. The van der Waals surface area contributed by atoms with Crippen molar-refractivity contribution in [2.45, 2.75) is 38.8 Å². The Morgan fingerprint density at radius 3 is 2.64 bits per heavy atom. The number of rotatable bonds is 4. The smallest absolute Gasteiger partial charge is 0.322 e. The Morgan fingerprint density at radius 1 is 1.36 bits per heavy atom. The fourth-order valence-electron chi connectivity index (χ4n) is 3.98. The van der Waals surface area contributed by atoms with Gasteiger partial charge in [-0.15, -0.1) is 0 Å². The molecular formula is C19H24ClFN4O3. The lowest BCUT2D eigenvalue weighted by Gasteiger charge is -2.42. The third-order valence-electron chi connectivity index (χ3n) is 5.37. The summed E-state index contributed by atoms with van der Waals surface area (Å²) in [6.07, 6.45) is 0.220. The number of piperazine rings is 1. The molecule has 7 nitrogen and oxygen atoms in total. The first-order chi connectivity index (χ1) is 13.1. The van der Waals surface area contributed by atoms with E-state index in [2.05, 4.69) is 10.6 Å². The minimum Gasteiger partial charge on any atom is -0.365 e. The van der Waals surface area contributed by atoms with Crippen molar-refractivity contribution in [1.82, 2.24) is 15.5 Å². The van der Waals surface area contributed by atoms with Crippen molar-refractivity contribution in [3.05, 3.63) is 29.0 Å². The Morgan fingerprint density at radius 2 is 2.07 bits per heavy atom. The summed E-state index contributed by atoms with van der Waals surface area (Å²) in [4.78, 5) is 40.1. The van der Waals surface area contributed by atoms with Crippen LogP contribution in [0.3, 0.4) is 0 Å². The van der Waals surface area contributed by atoms with Gasteiger partial charge in [-0.25, -0.2) is 9.18 Å². The Labute approximate surface area is 168 Å². The largest absolute Gasteiger partial charge is 0.365 e. The van der Waals surface area contributed by atoms with Gasteiger partial charge in [0.1, 0.15) is 11.4 Å². The van der Waals surface area contributed by atoms with Crippen molar-refractivity contribution in [3.8, 4) is 0 Å². The number of halogens is 2. The molecule has 0 aromatic heterocycles. The molecule has 3 rings (SSSR count). The summed E-state index contributed by atoms with van der Waals surface area (Å²) >= 11 is 5.96. The van der Waals surface area contributed by atoms with Gasteiger partial charge in [-0.1, -0.05) is 18.5 Å². The van der Waals surface area contributed by atoms with Gasteiger partial charge in [-0.2, -0.15) is 0 Å². The van der Waals surface area contributed by atoms with E-state index >= 15 is 0 Å². The highest BCUT2D eigenvalue weighted by atomic mass is 35.5. The number of imide groups is 1. The molecule has 152 valence electrons. The molecule has 1 aromatic carbocycles. The predicted octanol–water partition coefficient (Wildman–Crippen LogP) is 2.14. The van der Waals surface area contributed by atoms with Gasteiger partial charge in [0.05, 0.1) is 0 Å². The molecule has 28 heavy (non-hydrogen) atoms. The van der Waals surface area contributed by atoms with E-state index in [9.17, 15) is 18.8 Å². The molecule has 2 unspecified atom stereocenters. The SMILES string of the molecule is CC(CC1(C)NC(=O)NC1=O)C(=O)N1CCN(c2cc(F)cc(Cl)c2)[C@@H](C)C1. The van der Waals surface area contributed by atoms with Crippen molar-refractivity contribution in [1.29, 1.82) is 0 Å². The number of carbonyl (C=O) groups is 3. The second kappa shape index (κ2) is 7.58. The van der Waals surface area contributed by atoms with Gasteiger partial charge in [0.25, 0.3) is 5.91 Å². The first-order valence-corrected chi connectivity index (χ1v) is 9.62. The molecule has 1 aromatic rings. The van der Waals surface area contributed by atoms with E-state index in [1.54, 1.807) is 24.8 Å². The van der Waals surface area contributed by atoms with E-state index in [1.165, 1.54) is 12.1 Å². The predicted molar refractivity (Wildman–Crippen MR) is 104 cm³/mol. The molecule has 0 saturated carbocycles. The zero-order valence-corrected chi connectivity index (χ0v) is 16.8. The number of nitrogens with zero attached hydrogens (tertiary/aromatic N) is 2. The number of benzene rings is 1. The highest BCUT2D eigenvalue weighted by Gasteiger charge is 2.44. The quantitative estimate of drug-likeness (QED) is 0.745. The monoisotopic (exact) mass is 410 g/mol. The zero-order chi connectivity index (χ0) is 20.6. The Balaban J connectivity index is 1.63. The summed E-state index contributed by atoms with van der Waals surface area (Å²) in [6.45, 7) is 6.85. The molecule has 4 amide bonds. The third kappa shape index (κ3) is 4.06. The van der Waals surface area contributed by atoms with Gasteiger partial charge in [0, 0.05) is 42.3 Å². The van der Waals surface area contributed by atoms with Crippen molar-refractivity contribution in [2.75, 3.05) is 24.5 Å². The molecule has 2 fully saturated rings. The summed E-state index contributed by atoms with van der Waals surface area (Å²) in [7, 11) is 0. The van der Waals surface area contributed by atoms with Crippen LogP contribution >= 0.6 is 11.6 Å². The normalized spacial score (nSPS) is 26.1. The Bertz CT molecular complexity index is 800. The molecule has 2 aliphatic rings. The van der Waals surface area contributed by atoms with E-state index in [0.717, 1.165) is 0 Å². The van der Waals surface area contributed by atoms with E-state index in [1.807, 2.05) is 11.8 Å². The molecular weight excluding hydrogens is 387 g/mol. The number of hydrogen-bond donors (Lipinski definition) is 2. The van der Waals surface area contributed by atoms with Crippen LogP contribution in [-0.4, -0.2) is 54.0 Å². The first kappa shape index (κ1) is 20.4. The number of carbonyl (C=O) groups excluding carboxylic acids is 3. The van der Waals surface area contributed by atoms with Gasteiger partial charge in [-0.05, 0) is 38.5 Å². The van der Waals surface area contributed by atoms with Crippen LogP contribution in [0.15, 0.2) is 18.2 Å². The van der Waals surface area contributed by atoms with Gasteiger partial charge >= 0.3 is 6.03 Å². The Kier molecular flexibility index (Phi) is 5.52. The van der Waals surface area contributed by atoms with Crippen LogP contribution in [-0.2, 0) is 9.59 Å². The summed E-state index contributed by atoms with van der Waals surface area (Å²) < 4.78 is 13.7. The van der Waals surface area contributed by atoms with E-state index < -0.39 is 29.2 Å². The van der Waals surface area contributed by atoms with Crippen LogP contribution in [0.2, 0.25) is 5.02 Å². The van der Waals surface area contributed by atoms with E-state index in [-0.39, 0.29) is 18.4 Å². The lowest BCUT2D eigenvalue weighted by molar-refractivity contribution is -0.137. The number of nitrogens with one attached hydrogen (secondary N) is 2. The molecule has 3 atom stereocenters. The highest BCUT2D eigenvalue weighted by molar-refractivity contribution is 6.30. The van der Waals surface area contributed by atoms with Crippen LogP contribution < -0.4 is 15.5 Å². The van der Waals surface area contributed by atoms with Crippen LogP contribution in [0.1, 0.15) is 27.2 Å². The van der Waals surface area contributed by atoms with Crippen LogP contribution in [0, 0.1) is 11.7 Å². The molecule has 0 aliphatic carbocycles. The van der Waals surface area contributed by atoms with E-state index in [0.29, 0.717) is 30.3 Å². The maximum Gasteiger partial charge on any atom is 0.322 e. The first-order valence-electron chi connectivity index (χ1n) is 9.24. The molecule has 9 heteroatoms. The highest BCUT2D eigenvalue weighted by Crippen LogP contribution is 2.27. The van der Waals surface area contributed by atoms with Crippen molar-refractivity contribution >= 4 is 35.1 Å². The number of urea groups is 1. The third-order valence-corrected chi connectivity index (χ3v) is 5.59. The number of amides is 4. The minimum absolute atomic E-state index is 0.0205. The Hall–Kier alpha value is -2.35. The number of anilines is 1. The standard InChI is InChI=1S/C19H24ClFN4O3/c1-11(9-19(3)17(27)22-18(28)23-19)16(26)24-4-5-25(12(2)10-24)15-7-13(20)6-14(21)8-15/h6-8,11-12H,4-5,9-10H2,1-3H3,(H2,22,23,27,28)/t11?,12-,19?/m0/s1. The van der Waals surface area contributed by atoms with Gasteiger partial charge < -0.3 is 15.1 Å². The van der Waals surface area contributed by atoms with Crippen molar-refractivity contribution in [2.24, 2.45) is 5.92 Å². The van der Waals surface area contributed by atoms with Gasteiger partial charge in [0.15, 0.2) is 0 Å². The van der Waals surface area contributed by atoms with Crippen LogP contribution in [0.25, 0.3) is 0 Å². The summed E-state index contributed by atoms with van der Waals surface area (Å²) in [5, 5.41) is 5.13. The molecule has 2 heterocycles. The zero-order valence-electron chi connectivity index (χ0n) is 16.1. The van der Waals surface area contributed by atoms with Crippen LogP contribution in [0.4, 0.5) is 14.9 Å². The molecule has 2 saturated heterocycles. The average Bonchev–Trinajstić information content (AvgIpc) is 2.84. The van der Waals surface area contributed by atoms with Gasteiger partial charge in [0.2, 0.25) is 5.91 Å². The maximum atomic E-state index is 13.7. The summed E-state index contributed by atoms with van der Waals surface area (Å²) in [6, 6.07) is 3.85. The maximum absolute atomic E-state index is 13.7. The lowest BCUT2D eigenvalue weighted by atomic mass is 9.89. The summed E-state index contributed by atoms with van der Waals surface area (Å²) in [5.41, 5.74) is -0.395. The fraction of sp³-hybridized carbons (Fsp3) is 0.526. The lowest BCUT2D eigenvalue weighted by Crippen LogP contribution is -2.55. The van der Waals surface area contributed by atoms with Gasteiger partial charge in [-0.3, -0.25) is 14.9 Å². The second-order valence-electron chi connectivity index (χ2n) is 7.80. The van der Waals surface area contributed by atoms with Crippen molar-refractivity contribution in [3.63, 3.8) is 0 Å². The van der Waals surface area contributed by atoms with E-state index in [4.69, 9.17) is 11.6 Å². The number of hydrogen-bond acceptors (Lipinski definition) is 4. The van der Waals surface area contributed by atoms with Crippen LogP contribution in [0.5, 0.6) is 0 Å². The summed E-state index contributed by atoms with van der Waals surface area (Å²) in [5.74, 6) is -1.32. The molecule has 0 radical (unpaired) electrons. The topological polar surface area (TPSA) is 81.8 Å². The molecule has 0 bridgehead atoms. The minimum atomic E-state index is -1.09. The van der Waals surface area contributed by atoms with Crippen molar-refractivity contribution < 1.29 is 18.8 Å². The molecule has 0 spiro atoms. The second-order valence-corrected chi connectivity index (χ2v) is 8.24. The fourth-order valence-corrected chi connectivity index (χ4v) is 4.20. The molecule has 2 N–H and O–H groups in total.